The van der Waals surface area contributed by atoms with Crippen molar-refractivity contribution in [1.82, 2.24) is 15.0 Å². The van der Waals surface area contributed by atoms with Crippen LogP contribution in [0.4, 0.5) is 0 Å². The Balaban J connectivity index is 1.81. The highest BCUT2D eigenvalue weighted by atomic mass is 16.6. The summed E-state index contributed by atoms with van der Waals surface area (Å²) in [6, 6.07) is 0. The third-order valence-electron chi connectivity index (χ3n) is 3.25. The van der Waals surface area contributed by atoms with Crippen LogP contribution >= 0.6 is 0 Å². The Morgan fingerprint density at radius 1 is 1.50 bits per heavy atom. The monoisotopic (exact) mass is 280 g/mol. The summed E-state index contributed by atoms with van der Waals surface area (Å²) in [4.78, 5) is 23.1. The highest BCUT2D eigenvalue weighted by Crippen LogP contribution is 2.17. The van der Waals surface area contributed by atoms with Gasteiger partial charge in [-0.1, -0.05) is 24.2 Å². The Labute approximate surface area is 118 Å². The fraction of sp³-hybridized carbons (Fsp3) is 0.692. The first-order valence-electron chi connectivity index (χ1n) is 6.74. The predicted octanol–water partition coefficient (Wildman–Crippen LogP) is 1.18. The predicted molar refractivity (Wildman–Crippen MR) is 72.1 cm³/mol. The van der Waals surface area contributed by atoms with Crippen molar-refractivity contribution in [1.29, 1.82) is 0 Å². The van der Waals surface area contributed by atoms with Crippen LogP contribution in [0.25, 0.3) is 0 Å². The molecule has 0 radical (unpaired) electrons. The zero-order valence-corrected chi connectivity index (χ0v) is 12.3. The summed E-state index contributed by atoms with van der Waals surface area (Å²) in [6.07, 6.45) is 0.635. The second-order valence-electron chi connectivity index (χ2n) is 5.27. The number of carbonyl (C=O) groups is 1. The zero-order valence-electron chi connectivity index (χ0n) is 12.3. The summed E-state index contributed by atoms with van der Waals surface area (Å²) in [5, 5.41) is 7.77. The quantitative estimate of drug-likeness (QED) is 0.809. The number of aromatic nitrogens is 2. The number of rotatable bonds is 5. The highest BCUT2D eigenvalue weighted by molar-refractivity contribution is 5.93. The number of aryl methyl sites for hydroxylation is 1. The van der Waals surface area contributed by atoms with Gasteiger partial charge in [0.2, 0.25) is 12.0 Å². The summed E-state index contributed by atoms with van der Waals surface area (Å²) < 4.78 is 4.89. The Morgan fingerprint density at radius 2 is 2.25 bits per heavy atom. The van der Waals surface area contributed by atoms with Crippen molar-refractivity contribution in [2.24, 2.45) is 11.1 Å². The normalized spacial score (nSPS) is 18.1. The number of hydrogen-bond donors (Lipinski definition) is 0. The molecular formula is C13H20N4O3. The van der Waals surface area contributed by atoms with Crippen molar-refractivity contribution in [3.8, 4) is 0 Å². The van der Waals surface area contributed by atoms with Crippen LogP contribution in [0.5, 0.6) is 0 Å². The molecule has 0 aliphatic carbocycles. The molecule has 2 rings (SSSR count). The van der Waals surface area contributed by atoms with E-state index < -0.39 is 6.10 Å². The minimum absolute atomic E-state index is 0.0652. The minimum Gasteiger partial charge on any atom is -0.382 e. The van der Waals surface area contributed by atoms with E-state index in [9.17, 15) is 4.79 Å². The minimum atomic E-state index is -0.496. The first-order chi connectivity index (χ1) is 9.47. The molecule has 7 nitrogen and oxygen atoms in total. The average molecular weight is 280 g/mol. The van der Waals surface area contributed by atoms with E-state index in [2.05, 4.69) is 15.3 Å². The molecule has 1 atom stereocenters. The maximum absolute atomic E-state index is 12.2. The standard InChI is InChI=1S/C13H20N4O3/c1-8(2)10-7-11(20-15-10)13(18)17(4)6-5-12-14-9(3)19-16-12/h8,11H,5-7H2,1-4H3. The third-order valence-corrected chi connectivity index (χ3v) is 3.25. The molecule has 0 aromatic carbocycles. The summed E-state index contributed by atoms with van der Waals surface area (Å²) in [7, 11) is 1.74. The van der Waals surface area contributed by atoms with Gasteiger partial charge in [0.15, 0.2) is 5.82 Å². The molecule has 1 aliphatic rings. The van der Waals surface area contributed by atoms with Crippen LogP contribution in [0.2, 0.25) is 0 Å². The van der Waals surface area contributed by atoms with Crippen LogP contribution < -0.4 is 0 Å². The van der Waals surface area contributed by atoms with E-state index in [1.165, 1.54) is 0 Å². The summed E-state index contributed by atoms with van der Waals surface area (Å²) >= 11 is 0. The molecular weight excluding hydrogens is 260 g/mol. The number of amides is 1. The fourth-order valence-corrected chi connectivity index (χ4v) is 1.94. The molecule has 2 heterocycles. The van der Waals surface area contributed by atoms with Gasteiger partial charge in [0.25, 0.3) is 5.91 Å². The van der Waals surface area contributed by atoms with Crippen molar-refractivity contribution in [2.75, 3.05) is 13.6 Å². The van der Waals surface area contributed by atoms with E-state index in [-0.39, 0.29) is 5.91 Å². The molecule has 1 aromatic rings. The summed E-state index contributed by atoms with van der Waals surface area (Å²) in [5.41, 5.74) is 0.936. The first kappa shape index (κ1) is 14.5. The lowest BCUT2D eigenvalue weighted by molar-refractivity contribution is -0.140. The maximum Gasteiger partial charge on any atom is 0.266 e. The maximum atomic E-state index is 12.2. The van der Waals surface area contributed by atoms with Gasteiger partial charge in [0.1, 0.15) is 0 Å². The fourth-order valence-electron chi connectivity index (χ4n) is 1.94. The van der Waals surface area contributed by atoms with Crippen molar-refractivity contribution in [3.63, 3.8) is 0 Å². The molecule has 1 amide bonds. The van der Waals surface area contributed by atoms with Crippen molar-refractivity contribution in [2.45, 2.75) is 39.7 Å². The van der Waals surface area contributed by atoms with Gasteiger partial charge in [-0.15, -0.1) is 0 Å². The highest BCUT2D eigenvalue weighted by Gasteiger charge is 2.31. The third kappa shape index (κ3) is 3.34. The van der Waals surface area contributed by atoms with E-state index in [4.69, 9.17) is 9.36 Å². The summed E-state index contributed by atoms with van der Waals surface area (Å²) in [5.74, 6) is 1.38. The molecule has 0 bridgehead atoms. The first-order valence-corrected chi connectivity index (χ1v) is 6.74. The summed E-state index contributed by atoms with van der Waals surface area (Å²) in [6.45, 7) is 6.34. The van der Waals surface area contributed by atoms with Gasteiger partial charge in [-0.05, 0) is 5.92 Å². The van der Waals surface area contributed by atoms with Crippen LogP contribution in [-0.4, -0.2) is 46.4 Å². The van der Waals surface area contributed by atoms with E-state index in [0.717, 1.165) is 5.71 Å². The Kier molecular flexibility index (Phi) is 4.36. The lowest BCUT2D eigenvalue weighted by Gasteiger charge is -2.19. The number of likely N-dealkylation sites (N-methyl/N-ethyl adjacent to an activating group) is 1. The molecule has 1 unspecified atom stereocenters. The van der Waals surface area contributed by atoms with E-state index >= 15 is 0 Å². The number of oxime groups is 1. The van der Waals surface area contributed by atoms with Gasteiger partial charge >= 0.3 is 0 Å². The molecule has 0 N–H and O–H groups in total. The molecule has 110 valence electrons. The number of hydrogen-bond acceptors (Lipinski definition) is 6. The number of carbonyl (C=O) groups excluding carboxylic acids is 1. The molecule has 7 heteroatoms. The average Bonchev–Trinajstić information content (AvgIpc) is 3.03. The Morgan fingerprint density at radius 3 is 2.80 bits per heavy atom. The lowest BCUT2D eigenvalue weighted by atomic mass is 10.0. The molecule has 0 fully saturated rings. The van der Waals surface area contributed by atoms with Crippen LogP contribution in [0.15, 0.2) is 9.68 Å². The molecule has 0 spiro atoms. The molecule has 1 aromatic heterocycles. The Bertz CT molecular complexity index is 509. The van der Waals surface area contributed by atoms with Gasteiger partial charge < -0.3 is 14.3 Å². The molecule has 0 saturated heterocycles. The van der Waals surface area contributed by atoms with Gasteiger partial charge in [-0.2, -0.15) is 4.98 Å². The van der Waals surface area contributed by atoms with Gasteiger partial charge in [0.05, 0.1) is 5.71 Å². The van der Waals surface area contributed by atoms with E-state index in [0.29, 0.717) is 37.0 Å². The molecule has 20 heavy (non-hydrogen) atoms. The van der Waals surface area contributed by atoms with Gasteiger partial charge in [0, 0.05) is 33.4 Å². The van der Waals surface area contributed by atoms with E-state index in [1.807, 2.05) is 13.8 Å². The smallest absolute Gasteiger partial charge is 0.266 e. The lowest BCUT2D eigenvalue weighted by Crippen LogP contribution is -2.38. The molecule has 1 aliphatic heterocycles. The van der Waals surface area contributed by atoms with Crippen LogP contribution in [0, 0.1) is 12.8 Å². The van der Waals surface area contributed by atoms with Gasteiger partial charge in [-0.3, -0.25) is 4.79 Å². The number of nitrogens with zero attached hydrogens (tertiary/aromatic N) is 4. The van der Waals surface area contributed by atoms with E-state index in [1.54, 1.807) is 18.9 Å². The molecule has 0 saturated carbocycles. The SMILES string of the molecule is Cc1nc(CCN(C)C(=O)C2CC(C(C)C)=NO2)no1. The van der Waals surface area contributed by atoms with Crippen LogP contribution in [-0.2, 0) is 16.1 Å². The van der Waals surface area contributed by atoms with Crippen molar-refractivity contribution >= 4 is 11.6 Å². The Hall–Kier alpha value is -1.92. The van der Waals surface area contributed by atoms with Crippen LogP contribution in [0.1, 0.15) is 32.0 Å². The van der Waals surface area contributed by atoms with Crippen molar-refractivity contribution in [3.05, 3.63) is 11.7 Å². The largest absolute Gasteiger partial charge is 0.382 e. The topological polar surface area (TPSA) is 80.8 Å². The van der Waals surface area contributed by atoms with Gasteiger partial charge in [-0.25, -0.2) is 0 Å². The second-order valence-corrected chi connectivity index (χ2v) is 5.27. The van der Waals surface area contributed by atoms with Crippen molar-refractivity contribution < 1.29 is 14.2 Å². The van der Waals surface area contributed by atoms with Crippen LogP contribution in [0.3, 0.4) is 0 Å². The second kappa shape index (κ2) is 6.02. The zero-order chi connectivity index (χ0) is 14.7.